The first kappa shape index (κ1) is 14.7. The predicted molar refractivity (Wildman–Crippen MR) is 69.1 cm³/mol. The van der Waals surface area contributed by atoms with Crippen LogP contribution < -0.4 is 11.1 Å². The standard InChI is InChI=1S/C12H22N2O2.ClH/c1-12(8-13,10-4-5-10)14-11(15)7-16-6-9-2-3-9;/h9-10H,2-8,13H2,1H3,(H,14,15);1H. The van der Waals surface area contributed by atoms with Gasteiger partial charge < -0.3 is 15.8 Å². The van der Waals surface area contributed by atoms with Gasteiger partial charge in [-0.15, -0.1) is 12.4 Å². The lowest BCUT2D eigenvalue weighted by atomic mass is 9.96. The summed E-state index contributed by atoms with van der Waals surface area (Å²) in [5.41, 5.74) is 5.51. The molecule has 17 heavy (non-hydrogen) atoms. The fourth-order valence-electron chi connectivity index (χ4n) is 2.00. The van der Waals surface area contributed by atoms with Crippen molar-refractivity contribution in [2.75, 3.05) is 19.8 Å². The van der Waals surface area contributed by atoms with Crippen molar-refractivity contribution in [2.45, 2.75) is 38.1 Å². The van der Waals surface area contributed by atoms with Crippen LogP contribution in [0.25, 0.3) is 0 Å². The van der Waals surface area contributed by atoms with Gasteiger partial charge in [0, 0.05) is 6.54 Å². The van der Waals surface area contributed by atoms with E-state index in [2.05, 4.69) is 5.32 Å². The number of amides is 1. The van der Waals surface area contributed by atoms with Gasteiger partial charge in [-0.05, 0) is 44.4 Å². The Hall–Kier alpha value is -0.320. The molecule has 2 saturated carbocycles. The van der Waals surface area contributed by atoms with Gasteiger partial charge in [0.05, 0.1) is 12.1 Å². The van der Waals surface area contributed by atoms with E-state index < -0.39 is 0 Å². The van der Waals surface area contributed by atoms with Crippen LogP contribution in [0.2, 0.25) is 0 Å². The first-order valence-electron chi connectivity index (χ1n) is 6.23. The van der Waals surface area contributed by atoms with Gasteiger partial charge in [0.2, 0.25) is 5.91 Å². The molecule has 0 radical (unpaired) electrons. The van der Waals surface area contributed by atoms with Crippen LogP contribution in [-0.4, -0.2) is 31.2 Å². The molecule has 0 saturated heterocycles. The lowest BCUT2D eigenvalue weighted by Crippen LogP contribution is -2.54. The van der Waals surface area contributed by atoms with E-state index in [-0.39, 0.29) is 30.5 Å². The van der Waals surface area contributed by atoms with Crippen molar-refractivity contribution in [1.29, 1.82) is 0 Å². The first-order valence-corrected chi connectivity index (χ1v) is 6.23. The normalized spacial score (nSPS) is 22.5. The molecule has 0 aromatic heterocycles. The van der Waals surface area contributed by atoms with Crippen molar-refractivity contribution >= 4 is 18.3 Å². The molecular formula is C12H23ClN2O2. The van der Waals surface area contributed by atoms with Gasteiger partial charge in [-0.1, -0.05) is 0 Å². The van der Waals surface area contributed by atoms with E-state index >= 15 is 0 Å². The minimum Gasteiger partial charge on any atom is -0.371 e. The smallest absolute Gasteiger partial charge is 0.246 e. The van der Waals surface area contributed by atoms with Gasteiger partial charge in [0.25, 0.3) is 0 Å². The molecule has 5 heteroatoms. The Kier molecular flexibility index (Phi) is 5.22. The van der Waals surface area contributed by atoms with Crippen LogP contribution in [0.15, 0.2) is 0 Å². The van der Waals surface area contributed by atoms with Crippen molar-refractivity contribution in [3.8, 4) is 0 Å². The van der Waals surface area contributed by atoms with Crippen LogP contribution >= 0.6 is 12.4 Å². The minimum absolute atomic E-state index is 0. The fourth-order valence-corrected chi connectivity index (χ4v) is 2.00. The molecule has 0 heterocycles. The number of carbonyl (C=O) groups excluding carboxylic acids is 1. The fraction of sp³-hybridized carbons (Fsp3) is 0.917. The Morgan fingerprint density at radius 3 is 2.53 bits per heavy atom. The number of nitrogens with one attached hydrogen (secondary N) is 1. The van der Waals surface area contributed by atoms with Gasteiger partial charge in [-0.3, -0.25) is 4.79 Å². The molecule has 2 rings (SSSR count). The molecule has 1 unspecified atom stereocenters. The molecular weight excluding hydrogens is 240 g/mol. The van der Waals surface area contributed by atoms with Crippen molar-refractivity contribution in [3.05, 3.63) is 0 Å². The van der Waals surface area contributed by atoms with E-state index in [1.165, 1.54) is 25.7 Å². The number of rotatable bonds is 7. The molecule has 3 N–H and O–H groups in total. The summed E-state index contributed by atoms with van der Waals surface area (Å²) in [4.78, 5) is 11.7. The van der Waals surface area contributed by atoms with Crippen molar-refractivity contribution in [3.63, 3.8) is 0 Å². The molecule has 2 aliphatic rings. The monoisotopic (exact) mass is 262 g/mol. The van der Waals surface area contributed by atoms with Crippen LogP contribution in [-0.2, 0) is 9.53 Å². The molecule has 0 aromatic carbocycles. The number of halogens is 1. The molecule has 1 amide bonds. The topological polar surface area (TPSA) is 64.3 Å². The highest BCUT2D eigenvalue weighted by molar-refractivity contribution is 5.85. The third-order valence-electron chi connectivity index (χ3n) is 3.61. The SMILES string of the molecule is CC(CN)(NC(=O)COCC1CC1)C1CC1.Cl. The Balaban J connectivity index is 0.00000144. The number of hydrogen-bond donors (Lipinski definition) is 2. The summed E-state index contributed by atoms with van der Waals surface area (Å²) in [6, 6.07) is 0. The highest BCUT2D eigenvalue weighted by atomic mass is 35.5. The summed E-state index contributed by atoms with van der Waals surface area (Å²) in [5.74, 6) is 1.24. The van der Waals surface area contributed by atoms with Crippen molar-refractivity contribution < 1.29 is 9.53 Å². The maximum absolute atomic E-state index is 11.7. The van der Waals surface area contributed by atoms with Gasteiger partial charge in [0.1, 0.15) is 6.61 Å². The van der Waals surface area contributed by atoms with E-state index in [1.807, 2.05) is 6.92 Å². The van der Waals surface area contributed by atoms with E-state index in [0.29, 0.717) is 18.4 Å². The number of nitrogens with two attached hydrogens (primary N) is 1. The Morgan fingerprint density at radius 2 is 2.06 bits per heavy atom. The lowest BCUT2D eigenvalue weighted by molar-refractivity contribution is -0.127. The molecule has 2 fully saturated rings. The van der Waals surface area contributed by atoms with E-state index in [9.17, 15) is 4.79 Å². The summed E-state index contributed by atoms with van der Waals surface area (Å²) >= 11 is 0. The van der Waals surface area contributed by atoms with Crippen LogP contribution in [0.4, 0.5) is 0 Å². The second-order valence-corrected chi connectivity index (χ2v) is 5.40. The van der Waals surface area contributed by atoms with Crippen molar-refractivity contribution in [2.24, 2.45) is 17.6 Å². The summed E-state index contributed by atoms with van der Waals surface area (Å²) in [7, 11) is 0. The zero-order valence-electron chi connectivity index (χ0n) is 10.4. The summed E-state index contributed by atoms with van der Waals surface area (Å²) < 4.78 is 5.36. The summed E-state index contributed by atoms with van der Waals surface area (Å²) in [5, 5.41) is 3.01. The lowest BCUT2D eigenvalue weighted by Gasteiger charge is -2.29. The second-order valence-electron chi connectivity index (χ2n) is 5.40. The van der Waals surface area contributed by atoms with Crippen LogP contribution in [0.3, 0.4) is 0 Å². The number of carbonyl (C=O) groups is 1. The zero-order valence-corrected chi connectivity index (χ0v) is 11.2. The number of ether oxygens (including phenoxy) is 1. The van der Waals surface area contributed by atoms with Crippen LogP contribution in [0, 0.1) is 11.8 Å². The summed E-state index contributed by atoms with van der Waals surface area (Å²) in [6.45, 7) is 3.45. The summed E-state index contributed by atoms with van der Waals surface area (Å²) in [6.07, 6.45) is 4.86. The van der Waals surface area contributed by atoms with Gasteiger partial charge in [-0.25, -0.2) is 0 Å². The van der Waals surface area contributed by atoms with Gasteiger partial charge >= 0.3 is 0 Å². The highest BCUT2D eigenvalue weighted by Crippen LogP contribution is 2.38. The van der Waals surface area contributed by atoms with Crippen molar-refractivity contribution in [1.82, 2.24) is 5.32 Å². The third kappa shape index (κ3) is 4.45. The molecule has 100 valence electrons. The molecule has 2 aliphatic carbocycles. The minimum atomic E-state index is -0.222. The number of hydrogen-bond acceptors (Lipinski definition) is 3. The van der Waals surface area contributed by atoms with E-state index in [1.54, 1.807) is 0 Å². The Morgan fingerprint density at radius 1 is 1.41 bits per heavy atom. The highest BCUT2D eigenvalue weighted by Gasteiger charge is 2.41. The van der Waals surface area contributed by atoms with E-state index in [0.717, 1.165) is 6.61 Å². The quantitative estimate of drug-likeness (QED) is 0.722. The van der Waals surface area contributed by atoms with E-state index in [4.69, 9.17) is 10.5 Å². The molecule has 0 aliphatic heterocycles. The maximum atomic E-state index is 11.7. The van der Waals surface area contributed by atoms with Crippen LogP contribution in [0.1, 0.15) is 32.6 Å². The third-order valence-corrected chi connectivity index (χ3v) is 3.61. The predicted octanol–water partition coefficient (Wildman–Crippen LogP) is 1.08. The Bertz CT molecular complexity index is 267. The first-order chi connectivity index (χ1) is 7.64. The molecule has 0 bridgehead atoms. The Labute approximate surface area is 109 Å². The largest absolute Gasteiger partial charge is 0.371 e. The van der Waals surface area contributed by atoms with Gasteiger partial charge in [0.15, 0.2) is 0 Å². The average molecular weight is 263 g/mol. The van der Waals surface area contributed by atoms with Gasteiger partial charge in [-0.2, -0.15) is 0 Å². The molecule has 4 nitrogen and oxygen atoms in total. The molecule has 1 atom stereocenters. The molecule has 0 aromatic rings. The maximum Gasteiger partial charge on any atom is 0.246 e. The average Bonchev–Trinajstić information content (AvgIpc) is 3.09. The van der Waals surface area contributed by atoms with Crippen LogP contribution in [0.5, 0.6) is 0 Å². The second kappa shape index (κ2) is 6.03. The molecule has 0 spiro atoms. The zero-order chi connectivity index (χ0) is 11.6.